The van der Waals surface area contributed by atoms with Crippen LogP contribution in [0.3, 0.4) is 0 Å². The third-order valence-corrected chi connectivity index (χ3v) is 7.08. The summed E-state index contributed by atoms with van der Waals surface area (Å²) >= 11 is 3.41. The highest BCUT2D eigenvalue weighted by atomic mass is 79.9. The lowest BCUT2D eigenvalue weighted by molar-refractivity contribution is -0.123. The van der Waals surface area contributed by atoms with Gasteiger partial charge in [-0.3, -0.25) is 19.4 Å². The number of anilines is 2. The number of halogens is 1. The van der Waals surface area contributed by atoms with E-state index in [0.29, 0.717) is 11.3 Å². The first-order valence-electron chi connectivity index (χ1n) is 11.3. The van der Waals surface area contributed by atoms with E-state index in [9.17, 15) is 14.4 Å². The van der Waals surface area contributed by atoms with Crippen LogP contribution in [0.2, 0.25) is 0 Å². The highest BCUT2D eigenvalue weighted by molar-refractivity contribution is 9.10. The van der Waals surface area contributed by atoms with Gasteiger partial charge >= 0.3 is 0 Å². The fourth-order valence-corrected chi connectivity index (χ4v) is 5.14. The highest BCUT2D eigenvalue weighted by Crippen LogP contribution is 2.42. The smallest absolute Gasteiger partial charge is 0.268 e. The molecule has 2 heterocycles. The normalized spacial score (nSPS) is 21.4. The average molecular weight is 533 g/mol. The van der Waals surface area contributed by atoms with Crippen LogP contribution < -0.4 is 15.2 Å². The summed E-state index contributed by atoms with van der Waals surface area (Å²) in [7, 11) is 3.91. The van der Waals surface area contributed by atoms with Gasteiger partial charge in [0.1, 0.15) is 6.04 Å². The van der Waals surface area contributed by atoms with Gasteiger partial charge in [0.15, 0.2) is 0 Å². The minimum atomic E-state index is -0.950. The topological polar surface area (TPSA) is 73.0 Å². The van der Waals surface area contributed by atoms with Crippen molar-refractivity contribution in [3.05, 3.63) is 94.0 Å². The molecule has 5 rings (SSSR count). The second kappa shape index (κ2) is 8.94. The molecule has 0 aromatic heterocycles. The Morgan fingerprint density at radius 3 is 2.26 bits per heavy atom. The first-order chi connectivity index (χ1) is 16.8. The molecule has 35 heavy (non-hydrogen) atoms. The summed E-state index contributed by atoms with van der Waals surface area (Å²) in [5, 5.41) is 1.34. The molecule has 0 aliphatic carbocycles. The minimum absolute atomic E-state index is 0.317. The van der Waals surface area contributed by atoms with Crippen molar-refractivity contribution in [3.63, 3.8) is 0 Å². The van der Waals surface area contributed by atoms with Crippen LogP contribution in [-0.2, 0) is 9.59 Å². The molecule has 3 atom stereocenters. The number of nitrogens with zero attached hydrogens (tertiary/aromatic N) is 3. The molecule has 0 radical (unpaired) electrons. The molecule has 3 amide bonds. The van der Waals surface area contributed by atoms with Crippen molar-refractivity contribution in [3.8, 4) is 0 Å². The van der Waals surface area contributed by atoms with E-state index in [1.165, 1.54) is 9.91 Å². The molecule has 0 saturated carbocycles. The molecule has 3 aromatic rings. The van der Waals surface area contributed by atoms with Crippen molar-refractivity contribution in [2.75, 3.05) is 23.9 Å². The van der Waals surface area contributed by atoms with Gasteiger partial charge in [0.25, 0.3) is 11.8 Å². The van der Waals surface area contributed by atoms with Crippen molar-refractivity contribution >= 4 is 45.0 Å². The number of amides is 3. The van der Waals surface area contributed by atoms with Gasteiger partial charge in [-0.15, -0.1) is 0 Å². The van der Waals surface area contributed by atoms with E-state index in [1.54, 1.807) is 30.3 Å². The van der Waals surface area contributed by atoms with Crippen molar-refractivity contribution < 1.29 is 14.4 Å². The molecule has 2 fully saturated rings. The summed E-state index contributed by atoms with van der Waals surface area (Å²) in [6.45, 7) is 1.95. The Balaban J connectivity index is 1.57. The number of benzene rings is 3. The standard InChI is InChI=1S/C27H25BrN4O3/c1-16-7-11-21(12-8-16)31-26(34)22-23(17-9-13-20(14-10-17)30(2)3)29-32(24(22)27(31)35)25(33)18-5-4-6-19(28)15-18/h4-15,22-24,29H,1-3H3/t22-,23-,24-/m1/s1. The van der Waals surface area contributed by atoms with E-state index < -0.39 is 23.9 Å². The van der Waals surface area contributed by atoms with Gasteiger partial charge in [0, 0.05) is 29.8 Å². The Morgan fingerprint density at radius 1 is 0.943 bits per heavy atom. The van der Waals surface area contributed by atoms with E-state index in [2.05, 4.69) is 21.4 Å². The quantitative estimate of drug-likeness (QED) is 0.512. The van der Waals surface area contributed by atoms with Crippen LogP contribution in [0.15, 0.2) is 77.3 Å². The number of fused-ring (bicyclic) bond motifs is 1. The van der Waals surface area contributed by atoms with Crippen LogP contribution in [0, 0.1) is 12.8 Å². The molecule has 3 aromatic carbocycles. The largest absolute Gasteiger partial charge is 0.378 e. The fourth-order valence-electron chi connectivity index (χ4n) is 4.74. The third-order valence-electron chi connectivity index (χ3n) is 6.59. The van der Waals surface area contributed by atoms with Crippen molar-refractivity contribution in [2.24, 2.45) is 5.92 Å². The summed E-state index contributed by atoms with van der Waals surface area (Å²) < 4.78 is 0.755. The second-order valence-electron chi connectivity index (χ2n) is 9.10. The zero-order valence-corrected chi connectivity index (χ0v) is 21.2. The maximum absolute atomic E-state index is 13.7. The lowest BCUT2D eigenvalue weighted by Crippen LogP contribution is -2.48. The van der Waals surface area contributed by atoms with E-state index >= 15 is 0 Å². The van der Waals surface area contributed by atoms with Gasteiger partial charge in [-0.1, -0.05) is 51.8 Å². The van der Waals surface area contributed by atoms with Crippen molar-refractivity contribution in [2.45, 2.75) is 19.0 Å². The molecule has 0 bridgehead atoms. The Bertz CT molecular complexity index is 1310. The molecule has 8 heteroatoms. The summed E-state index contributed by atoms with van der Waals surface area (Å²) in [6.07, 6.45) is 0. The van der Waals surface area contributed by atoms with E-state index in [-0.39, 0.29) is 11.8 Å². The molecule has 0 unspecified atom stereocenters. The molecule has 7 nitrogen and oxygen atoms in total. The Hall–Kier alpha value is -3.49. The Labute approximate surface area is 212 Å². The van der Waals surface area contributed by atoms with Crippen molar-refractivity contribution in [1.82, 2.24) is 10.4 Å². The van der Waals surface area contributed by atoms with Crippen LogP contribution in [0.4, 0.5) is 11.4 Å². The average Bonchev–Trinajstić information content (AvgIpc) is 3.36. The number of nitrogens with one attached hydrogen (secondary N) is 1. The van der Waals surface area contributed by atoms with Crippen LogP contribution >= 0.6 is 15.9 Å². The Kier molecular flexibility index (Phi) is 5.94. The van der Waals surface area contributed by atoms with Crippen LogP contribution in [0.25, 0.3) is 0 Å². The number of hydrogen-bond acceptors (Lipinski definition) is 5. The van der Waals surface area contributed by atoms with Crippen LogP contribution in [-0.4, -0.2) is 42.9 Å². The van der Waals surface area contributed by atoms with Crippen LogP contribution in [0.5, 0.6) is 0 Å². The van der Waals surface area contributed by atoms with Gasteiger partial charge in [0.05, 0.1) is 17.6 Å². The molecule has 2 aliphatic rings. The monoisotopic (exact) mass is 532 g/mol. The van der Waals surface area contributed by atoms with Crippen LogP contribution in [0.1, 0.15) is 27.5 Å². The first-order valence-corrected chi connectivity index (χ1v) is 12.1. The number of imide groups is 1. The summed E-state index contributed by atoms with van der Waals surface area (Å²) in [4.78, 5) is 44.1. The van der Waals surface area contributed by atoms with E-state index in [4.69, 9.17) is 0 Å². The molecule has 2 saturated heterocycles. The molecule has 178 valence electrons. The first kappa shape index (κ1) is 23.3. The SMILES string of the molecule is Cc1ccc(N2C(=O)[C@@H]3[C@@H](c4ccc(N(C)C)cc4)NN(C(=O)c4cccc(Br)c4)[C@H]3C2=O)cc1. The fraction of sp³-hybridized carbons (Fsp3) is 0.222. The predicted molar refractivity (Wildman–Crippen MR) is 138 cm³/mol. The summed E-state index contributed by atoms with van der Waals surface area (Å²) in [5.41, 5.74) is 7.01. The molecule has 1 N–H and O–H groups in total. The number of aryl methyl sites for hydroxylation is 1. The lowest BCUT2D eigenvalue weighted by atomic mass is 9.90. The number of carbonyl (C=O) groups excluding carboxylic acids is 3. The summed E-state index contributed by atoms with van der Waals surface area (Å²) in [5.74, 6) is -1.83. The van der Waals surface area contributed by atoms with E-state index in [1.807, 2.05) is 68.4 Å². The number of carbonyl (C=O) groups is 3. The maximum atomic E-state index is 13.7. The van der Waals surface area contributed by atoms with E-state index in [0.717, 1.165) is 21.3 Å². The summed E-state index contributed by atoms with van der Waals surface area (Å²) in [6, 6.07) is 20.6. The molecular weight excluding hydrogens is 508 g/mol. The van der Waals surface area contributed by atoms with Gasteiger partial charge in [-0.05, 0) is 55.0 Å². The lowest BCUT2D eigenvalue weighted by Gasteiger charge is -2.25. The van der Waals surface area contributed by atoms with Crippen molar-refractivity contribution in [1.29, 1.82) is 0 Å². The van der Waals surface area contributed by atoms with Gasteiger partial charge in [-0.25, -0.2) is 10.3 Å². The predicted octanol–water partition coefficient (Wildman–Crippen LogP) is 4.08. The number of hydrazine groups is 1. The zero-order valence-electron chi connectivity index (χ0n) is 19.6. The second-order valence-corrected chi connectivity index (χ2v) is 10.0. The molecular formula is C27H25BrN4O3. The highest BCUT2D eigenvalue weighted by Gasteiger charge is 2.60. The van der Waals surface area contributed by atoms with Gasteiger partial charge in [-0.2, -0.15) is 0 Å². The molecule has 2 aliphatic heterocycles. The Morgan fingerprint density at radius 2 is 1.63 bits per heavy atom. The maximum Gasteiger partial charge on any atom is 0.268 e. The van der Waals surface area contributed by atoms with Gasteiger partial charge < -0.3 is 4.90 Å². The number of hydrogen-bond donors (Lipinski definition) is 1. The minimum Gasteiger partial charge on any atom is -0.378 e. The molecule has 0 spiro atoms. The number of rotatable bonds is 4. The zero-order chi connectivity index (χ0) is 24.9. The third kappa shape index (κ3) is 4.02. The van der Waals surface area contributed by atoms with Gasteiger partial charge in [0.2, 0.25) is 5.91 Å².